The van der Waals surface area contributed by atoms with Crippen molar-refractivity contribution in [2.75, 3.05) is 27.8 Å². The lowest BCUT2D eigenvalue weighted by molar-refractivity contribution is -0.129. The Balaban J connectivity index is 2.65. The molecule has 0 atom stereocenters. The number of benzene rings is 1. The van der Waals surface area contributed by atoms with Crippen molar-refractivity contribution >= 4 is 5.91 Å². The molecular formula is C16H26N2O3. The number of ether oxygens (including phenoxy) is 2. The average molecular weight is 294 g/mol. The topological polar surface area (TPSA) is 50.8 Å². The number of nitrogens with zero attached hydrogens (tertiary/aromatic N) is 1. The molecule has 5 heteroatoms. The maximum Gasteiger partial charge on any atom is 0.225 e. The van der Waals surface area contributed by atoms with E-state index in [0.717, 1.165) is 12.1 Å². The van der Waals surface area contributed by atoms with Crippen LogP contribution in [-0.2, 0) is 11.3 Å². The van der Waals surface area contributed by atoms with Gasteiger partial charge in [-0.1, -0.05) is 19.9 Å². The third-order valence-electron chi connectivity index (χ3n) is 3.01. The van der Waals surface area contributed by atoms with Crippen LogP contribution < -0.4 is 14.8 Å². The van der Waals surface area contributed by atoms with Crippen LogP contribution in [0.15, 0.2) is 18.2 Å². The van der Waals surface area contributed by atoms with E-state index < -0.39 is 0 Å². The van der Waals surface area contributed by atoms with Gasteiger partial charge in [0.05, 0.1) is 20.1 Å². The first-order valence-corrected chi connectivity index (χ1v) is 7.17. The molecule has 0 unspecified atom stereocenters. The minimum absolute atomic E-state index is 0.0478. The van der Waals surface area contributed by atoms with E-state index in [0.29, 0.717) is 30.6 Å². The second-order valence-electron chi connectivity index (χ2n) is 5.41. The van der Waals surface area contributed by atoms with Gasteiger partial charge in [0.1, 0.15) is 0 Å². The summed E-state index contributed by atoms with van der Waals surface area (Å²) in [5.41, 5.74) is 1.12. The van der Waals surface area contributed by atoms with Gasteiger partial charge < -0.3 is 19.7 Å². The van der Waals surface area contributed by atoms with E-state index >= 15 is 0 Å². The summed E-state index contributed by atoms with van der Waals surface area (Å²) in [6, 6.07) is 6.27. The average Bonchev–Trinajstić information content (AvgIpc) is 2.45. The fourth-order valence-electron chi connectivity index (χ4n) is 1.74. The summed E-state index contributed by atoms with van der Waals surface area (Å²) in [6.45, 7) is 5.32. The first-order chi connectivity index (χ1) is 9.93. The second-order valence-corrected chi connectivity index (χ2v) is 5.41. The molecule has 0 aliphatic carbocycles. The molecule has 1 amide bonds. The molecule has 21 heavy (non-hydrogen) atoms. The minimum atomic E-state index is 0.0478. The zero-order chi connectivity index (χ0) is 15.8. The van der Waals surface area contributed by atoms with E-state index in [1.54, 1.807) is 26.1 Å². The third kappa shape index (κ3) is 6.04. The largest absolute Gasteiger partial charge is 0.493 e. The number of methoxy groups -OCH3 is 1. The lowest BCUT2D eigenvalue weighted by Crippen LogP contribution is -2.23. The molecule has 0 bridgehead atoms. The quantitative estimate of drug-likeness (QED) is 0.797. The molecule has 118 valence electrons. The molecule has 1 N–H and O–H groups in total. The number of nitrogens with one attached hydrogen (secondary N) is 1. The summed E-state index contributed by atoms with van der Waals surface area (Å²) in [5, 5.41) is 3.36. The molecule has 1 aromatic rings. The molecule has 5 nitrogen and oxygen atoms in total. The lowest BCUT2D eigenvalue weighted by Gasteiger charge is -2.14. The molecule has 0 saturated carbocycles. The molecule has 0 aliphatic heterocycles. The van der Waals surface area contributed by atoms with E-state index in [1.807, 2.05) is 18.2 Å². The van der Waals surface area contributed by atoms with E-state index in [1.165, 1.54) is 0 Å². The maximum atomic E-state index is 11.5. The molecule has 0 saturated heterocycles. The molecular weight excluding hydrogens is 268 g/mol. The summed E-state index contributed by atoms with van der Waals surface area (Å²) >= 11 is 0. The third-order valence-corrected chi connectivity index (χ3v) is 3.01. The Morgan fingerprint density at radius 1 is 1.29 bits per heavy atom. The second kappa shape index (κ2) is 8.52. The molecule has 1 rings (SSSR count). The van der Waals surface area contributed by atoms with Crippen molar-refractivity contribution in [2.45, 2.75) is 32.9 Å². The number of rotatable bonds is 8. The van der Waals surface area contributed by atoms with E-state index in [4.69, 9.17) is 9.47 Å². The normalized spacial score (nSPS) is 10.6. The molecule has 0 heterocycles. The Morgan fingerprint density at radius 2 is 2.00 bits per heavy atom. The van der Waals surface area contributed by atoms with Crippen LogP contribution in [0.1, 0.15) is 25.8 Å². The summed E-state index contributed by atoms with van der Waals surface area (Å²) in [4.78, 5) is 13.1. The lowest BCUT2D eigenvalue weighted by atomic mass is 10.2. The highest BCUT2D eigenvalue weighted by Gasteiger charge is 2.09. The Bertz CT molecular complexity index is 459. The Labute approximate surface area is 127 Å². The van der Waals surface area contributed by atoms with Crippen LogP contribution in [0.4, 0.5) is 0 Å². The van der Waals surface area contributed by atoms with Gasteiger partial charge in [-0.05, 0) is 17.7 Å². The number of amides is 1. The van der Waals surface area contributed by atoms with Gasteiger partial charge in [0, 0.05) is 26.7 Å². The maximum absolute atomic E-state index is 11.5. The minimum Gasteiger partial charge on any atom is -0.493 e. The summed E-state index contributed by atoms with van der Waals surface area (Å²) in [5.74, 6) is 1.40. The Morgan fingerprint density at radius 3 is 2.57 bits per heavy atom. The van der Waals surface area contributed by atoms with Gasteiger partial charge in [-0.15, -0.1) is 0 Å². The van der Waals surface area contributed by atoms with Gasteiger partial charge >= 0.3 is 0 Å². The fourth-order valence-corrected chi connectivity index (χ4v) is 1.74. The standard InChI is InChI=1S/C16H26N2O3/c1-12(2)17-11-13-6-7-14(20-5)15(10-13)21-9-8-16(19)18(3)4/h6-7,10,12,17H,8-9,11H2,1-5H3. The zero-order valence-corrected chi connectivity index (χ0v) is 13.6. The van der Waals surface area contributed by atoms with Gasteiger partial charge in [-0.3, -0.25) is 4.79 Å². The monoisotopic (exact) mass is 294 g/mol. The summed E-state index contributed by atoms with van der Waals surface area (Å²) in [7, 11) is 5.08. The number of hydrogen-bond donors (Lipinski definition) is 1. The van der Waals surface area contributed by atoms with Crippen LogP contribution in [0.25, 0.3) is 0 Å². The van der Waals surface area contributed by atoms with Crippen molar-refractivity contribution in [3.05, 3.63) is 23.8 Å². The van der Waals surface area contributed by atoms with Crippen LogP contribution in [0.3, 0.4) is 0 Å². The highest BCUT2D eigenvalue weighted by molar-refractivity contribution is 5.75. The first-order valence-electron chi connectivity index (χ1n) is 7.17. The van der Waals surface area contributed by atoms with E-state index in [-0.39, 0.29) is 5.91 Å². The summed E-state index contributed by atoms with van der Waals surface area (Å²) in [6.07, 6.45) is 0.352. The highest BCUT2D eigenvalue weighted by atomic mass is 16.5. The van der Waals surface area contributed by atoms with Gasteiger partial charge in [0.15, 0.2) is 11.5 Å². The van der Waals surface area contributed by atoms with E-state index in [2.05, 4.69) is 19.2 Å². The van der Waals surface area contributed by atoms with Gasteiger partial charge in [0.25, 0.3) is 0 Å². The number of carbonyl (C=O) groups is 1. The molecule has 1 aromatic carbocycles. The predicted octanol–water partition coefficient (Wildman–Crippen LogP) is 2.05. The van der Waals surface area contributed by atoms with Crippen molar-refractivity contribution < 1.29 is 14.3 Å². The van der Waals surface area contributed by atoms with Crippen LogP contribution in [-0.4, -0.2) is 44.7 Å². The van der Waals surface area contributed by atoms with Gasteiger partial charge in [0.2, 0.25) is 5.91 Å². The van der Waals surface area contributed by atoms with Crippen molar-refractivity contribution in [1.29, 1.82) is 0 Å². The zero-order valence-electron chi connectivity index (χ0n) is 13.6. The molecule has 0 fully saturated rings. The van der Waals surface area contributed by atoms with Crippen LogP contribution in [0.2, 0.25) is 0 Å². The summed E-state index contributed by atoms with van der Waals surface area (Å²) < 4.78 is 11.0. The van der Waals surface area contributed by atoms with Gasteiger partial charge in [-0.2, -0.15) is 0 Å². The van der Waals surface area contributed by atoms with Crippen molar-refractivity contribution in [1.82, 2.24) is 10.2 Å². The van der Waals surface area contributed by atoms with Crippen LogP contribution >= 0.6 is 0 Å². The molecule has 0 radical (unpaired) electrons. The molecule has 0 spiro atoms. The molecule has 0 aromatic heterocycles. The number of hydrogen-bond acceptors (Lipinski definition) is 4. The fraction of sp³-hybridized carbons (Fsp3) is 0.562. The number of carbonyl (C=O) groups excluding carboxylic acids is 1. The van der Waals surface area contributed by atoms with Crippen molar-refractivity contribution in [3.8, 4) is 11.5 Å². The Hall–Kier alpha value is -1.75. The molecule has 0 aliphatic rings. The SMILES string of the molecule is COc1ccc(CNC(C)C)cc1OCCC(=O)N(C)C. The van der Waals surface area contributed by atoms with Crippen LogP contribution in [0, 0.1) is 0 Å². The Kier molecular flexibility index (Phi) is 7.02. The van der Waals surface area contributed by atoms with Gasteiger partial charge in [-0.25, -0.2) is 0 Å². The van der Waals surface area contributed by atoms with E-state index in [9.17, 15) is 4.79 Å². The van der Waals surface area contributed by atoms with Crippen molar-refractivity contribution in [3.63, 3.8) is 0 Å². The first kappa shape index (κ1) is 17.3. The highest BCUT2D eigenvalue weighted by Crippen LogP contribution is 2.28. The van der Waals surface area contributed by atoms with Crippen LogP contribution in [0.5, 0.6) is 11.5 Å². The van der Waals surface area contributed by atoms with Crippen molar-refractivity contribution in [2.24, 2.45) is 0 Å². The smallest absolute Gasteiger partial charge is 0.225 e. The predicted molar refractivity (Wildman–Crippen MR) is 83.8 cm³/mol.